The summed E-state index contributed by atoms with van der Waals surface area (Å²) in [6, 6.07) is 0. The van der Waals surface area contributed by atoms with Gasteiger partial charge in [0.25, 0.3) is 0 Å². The normalized spacial score (nSPS) is 24.9. The Bertz CT molecular complexity index is 256. The van der Waals surface area contributed by atoms with Crippen LogP contribution < -0.4 is 11.1 Å². The Morgan fingerprint density at radius 3 is 2.53 bits per heavy atom. The molecular weight excluding hydrogens is 233 g/mol. The topological polar surface area (TPSA) is 55.1 Å². The Labute approximate surface area is 98.9 Å². The second-order valence-electron chi connectivity index (χ2n) is 4.61. The van der Waals surface area contributed by atoms with E-state index in [1.807, 2.05) is 0 Å². The summed E-state index contributed by atoms with van der Waals surface area (Å²) in [5.74, 6) is 0.206. The van der Waals surface area contributed by atoms with Crippen LogP contribution in [0.15, 0.2) is 0 Å². The summed E-state index contributed by atoms with van der Waals surface area (Å²) < 4.78 is 35.6. The molecule has 0 aliphatic heterocycles. The standard InChI is InChI=1S/C11H19F3N2O/c12-11(13,14)5-4-10(17)16-7-9-3-1-2-8(9)6-15/h8-9H,1-7,15H2,(H,16,17). The Kier molecular flexibility index (Phi) is 5.24. The fourth-order valence-electron chi connectivity index (χ4n) is 2.28. The average molecular weight is 252 g/mol. The molecule has 6 heteroatoms. The maximum Gasteiger partial charge on any atom is 0.389 e. The van der Waals surface area contributed by atoms with E-state index in [2.05, 4.69) is 5.32 Å². The summed E-state index contributed by atoms with van der Waals surface area (Å²) in [7, 11) is 0. The molecule has 1 aliphatic rings. The molecule has 0 aromatic heterocycles. The Balaban J connectivity index is 2.19. The molecule has 3 nitrogen and oxygen atoms in total. The Hall–Kier alpha value is -0.780. The van der Waals surface area contributed by atoms with Crippen LogP contribution in [0.3, 0.4) is 0 Å². The van der Waals surface area contributed by atoms with Gasteiger partial charge in [-0.05, 0) is 31.2 Å². The average Bonchev–Trinajstić information content (AvgIpc) is 2.69. The minimum absolute atomic E-state index is 0.329. The van der Waals surface area contributed by atoms with Crippen LogP contribution in [0.1, 0.15) is 32.1 Å². The molecule has 0 aromatic carbocycles. The van der Waals surface area contributed by atoms with Gasteiger partial charge in [-0.2, -0.15) is 13.2 Å². The van der Waals surface area contributed by atoms with E-state index in [1.54, 1.807) is 0 Å². The first kappa shape index (κ1) is 14.3. The lowest BCUT2D eigenvalue weighted by molar-refractivity contribution is -0.144. The summed E-state index contributed by atoms with van der Waals surface area (Å²) in [6.45, 7) is 1.04. The van der Waals surface area contributed by atoms with Gasteiger partial charge in [0.05, 0.1) is 6.42 Å². The van der Waals surface area contributed by atoms with Gasteiger partial charge in [-0.25, -0.2) is 0 Å². The number of carbonyl (C=O) groups is 1. The number of nitrogens with two attached hydrogens (primary N) is 1. The molecular formula is C11H19F3N2O. The van der Waals surface area contributed by atoms with E-state index in [4.69, 9.17) is 5.73 Å². The number of hydrogen-bond acceptors (Lipinski definition) is 2. The van der Waals surface area contributed by atoms with Crippen molar-refractivity contribution in [1.29, 1.82) is 0 Å². The third-order valence-electron chi connectivity index (χ3n) is 3.32. The van der Waals surface area contributed by atoms with Gasteiger partial charge in [0.15, 0.2) is 0 Å². The van der Waals surface area contributed by atoms with Crippen LogP contribution in [0.5, 0.6) is 0 Å². The molecule has 0 radical (unpaired) electrons. The molecule has 0 spiro atoms. The molecule has 3 N–H and O–H groups in total. The predicted octanol–water partition coefficient (Wildman–Crippen LogP) is 1.82. The molecule has 1 aliphatic carbocycles. The van der Waals surface area contributed by atoms with Crippen LogP contribution in [0.25, 0.3) is 0 Å². The van der Waals surface area contributed by atoms with Crippen LogP contribution in [0.2, 0.25) is 0 Å². The number of halogens is 3. The van der Waals surface area contributed by atoms with Crippen molar-refractivity contribution in [1.82, 2.24) is 5.32 Å². The Morgan fingerprint density at radius 2 is 1.94 bits per heavy atom. The fourth-order valence-corrected chi connectivity index (χ4v) is 2.28. The molecule has 2 unspecified atom stereocenters. The monoisotopic (exact) mass is 252 g/mol. The van der Waals surface area contributed by atoms with Gasteiger partial charge >= 0.3 is 6.18 Å². The number of carbonyl (C=O) groups excluding carboxylic acids is 1. The van der Waals surface area contributed by atoms with E-state index in [-0.39, 0.29) is 0 Å². The molecule has 1 fully saturated rings. The zero-order valence-electron chi connectivity index (χ0n) is 9.72. The first-order valence-electron chi connectivity index (χ1n) is 5.96. The van der Waals surface area contributed by atoms with Crippen LogP contribution in [0, 0.1) is 11.8 Å². The maximum absolute atomic E-state index is 11.9. The lowest BCUT2D eigenvalue weighted by Gasteiger charge is -2.18. The third kappa shape index (κ3) is 5.39. The lowest BCUT2D eigenvalue weighted by Crippen LogP contribution is -2.33. The predicted molar refractivity (Wildman–Crippen MR) is 58.2 cm³/mol. The quantitative estimate of drug-likeness (QED) is 0.784. The summed E-state index contributed by atoms with van der Waals surface area (Å²) >= 11 is 0. The smallest absolute Gasteiger partial charge is 0.356 e. The Morgan fingerprint density at radius 1 is 1.29 bits per heavy atom. The van der Waals surface area contributed by atoms with Crippen molar-refractivity contribution >= 4 is 5.91 Å². The van der Waals surface area contributed by atoms with E-state index in [9.17, 15) is 18.0 Å². The molecule has 1 saturated carbocycles. The largest absolute Gasteiger partial charge is 0.389 e. The van der Waals surface area contributed by atoms with Crippen molar-refractivity contribution in [3.05, 3.63) is 0 Å². The summed E-state index contributed by atoms with van der Waals surface area (Å²) in [5, 5.41) is 2.57. The molecule has 1 amide bonds. The second-order valence-corrected chi connectivity index (χ2v) is 4.61. The zero-order valence-corrected chi connectivity index (χ0v) is 9.72. The maximum atomic E-state index is 11.9. The summed E-state index contributed by atoms with van der Waals surface area (Å²) in [5.41, 5.74) is 5.58. The van der Waals surface area contributed by atoms with Crippen molar-refractivity contribution in [2.45, 2.75) is 38.3 Å². The van der Waals surface area contributed by atoms with E-state index in [1.165, 1.54) is 0 Å². The minimum atomic E-state index is -4.26. The van der Waals surface area contributed by atoms with Crippen molar-refractivity contribution in [3.8, 4) is 0 Å². The van der Waals surface area contributed by atoms with Crippen LogP contribution in [0.4, 0.5) is 13.2 Å². The number of amides is 1. The fraction of sp³-hybridized carbons (Fsp3) is 0.909. The zero-order chi connectivity index (χ0) is 12.9. The first-order chi connectivity index (χ1) is 7.92. The van der Waals surface area contributed by atoms with Crippen LogP contribution in [-0.2, 0) is 4.79 Å². The third-order valence-corrected chi connectivity index (χ3v) is 3.32. The SMILES string of the molecule is NCC1CCCC1CNC(=O)CCC(F)(F)F. The highest BCUT2D eigenvalue weighted by molar-refractivity contribution is 5.75. The van der Waals surface area contributed by atoms with Gasteiger partial charge in [0, 0.05) is 13.0 Å². The second kappa shape index (κ2) is 6.23. The molecule has 1 rings (SSSR count). The molecule has 17 heavy (non-hydrogen) atoms. The number of alkyl halides is 3. The van der Waals surface area contributed by atoms with Gasteiger partial charge < -0.3 is 11.1 Å². The van der Waals surface area contributed by atoms with Gasteiger partial charge in [-0.3, -0.25) is 4.79 Å². The molecule has 0 saturated heterocycles. The molecule has 100 valence electrons. The van der Waals surface area contributed by atoms with E-state index in [0.29, 0.717) is 24.9 Å². The molecule has 2 atom stereocenters. The van der Waals surface area contributed by atoms with Crippen LogP contribution >= 0.6 is 0 Å². The van der Waals surface area contributed by atoms with Gasteiger partial charge in [-0.1, -0.05) is 6.42 Å². The molecule has 0 bridgehead atoms. The molecule has 0 aromatic rings. The first-order valence-corrected chi connectivity index (χ1v) is 5.96. The van der Waals surface area contributed by atoms with E-state index < -0.39 is 24.9 Å². The van der Waals surface area contributed by atoms with Gasteiger partial charge in [0.2, 0.25) is 5.91 Å². The number of rotatable bonds is 5. The van der Waals surface area contributed by atoms with Crippen molar-refractivity contribution in [2.75, 3.05) is 13.1 Å². The number of hydrogen-bond donors (Lipinski definition) is 2. The minimum Gasteiger partial charge on any atom is -0.356 e. The highest BCUT2D eigenvalue weighted by Gasteiger charge is 2.29. The van der Waals surface area contributed by atoms with Gasteiger partial charge in [0.1, 0.15) is 0 Å². The van der Waals surface area contributed by atoms with Gasteiger partial charge in [-0.15, -0.1) is 0 Å². The highest BCUT2D eigenvalue weighted by atomic mass is 19.4. The highest BCUT2D eigenvalue weighted by Crippen LogP contribution is 2.30. The van der Waals surface area contributed by atoms with E-state index >= 15 is 0 Å². The summed E-state index contributed by atoms with van der Waals surface area (Å²) in [4.78, 5) is 11.2. The molecule has 0 heterocycles. The van der Waals surface area contributed by atoms with Crippen molar-refractivity contribution in [3.63, 3.8) is 0 Å². The number of nitrogens with one attached hydrogen (secondary N) is 1. The van der Waals surface area contributed by atoms with Crippen molar-refractivity contribution < 1.29 is 18.0 Å². The summed E-state index contributed by atoms with van der Waals surface area (Å²) in [6.07, 6.45) is -2.65. The van der Waals surface area contributed by atoms with E-state index in [0.717, 1.165) is 19.3 Å². The van der Waals surface area contributed by atoms with Crippen LogP contribution in [-0.4, -0.2) is 25.2 Å². The van der Waals surface area contributed by atoms with Crippen molar-refractivity contribution in [2.24, 2.45) is 17.6 Å². The lowest BCUT2D eigenvalue weighted by atomic mass is 9.96.